The summed E-state index contributed by atoms with van der Waals surface area (Å²) in [6.07, 6.45) is 9.45. The molecule has 1 aliphatic carbocycles. The topological polar surface area (TPSA) is 75.9 Å². The molecular formula is C18H23FN6O. The third-order valence-electron chi connectivity index (χ3n) is 5.15. The first-order valence-corrected chi connectivity index (χ1v) is 9.09. The van der Waals surface area contributed by atoms with Crippen molar-refractivity contribution in [1.82, 2.24) is 25.1 Å². The summed E-state index contributed by atoms with van der Waals surface area (Å²) in [6, 6.07) is 0. The van der Waals surface area contributed by atoms with E-state index in [1.54, 1.807) is 17.1 Å². The zero-order chi connectivity index (χ0) is 18.1. The smallest absolute Gasteiger partial charge is 0.257 e. The van der Waals surface area contributed by atoms with Crippen molar-refractivity contribution >= 4 is 11.6 Å². The maximum atomic E-state index is 15.1. The van der Waals surface area contributed by atoms with Crippen LogP contribution in [0.5, 0.6) is 0 Å². The first-order valence-electron chi connectivity index (χ1n) is 9.09. The average molecular weight is 358 g/mol. The molecule has 1 N–H and O–H groups in total. The third-order valence-corrected chi connectivity index (χ3v) is 5.15. The van der Waals surface area contributed by atoms with Gasteiger partial charge in [-0.15, -0.1) is 0 Å². The van der Waals surface area contributed by atoms with Crippen molar-refractivity contribution < 1.29 is 9.18 Å². The van der Waals surface area contributed by atoms with Crippen LogP contribution in [0.3, 0.4) is 0 Å². The molecule has 0 unspecified atom stereocenters. The molecule has 0 aromatic carbocycles. The monoisotopic (exact) mass is 358 g/mol. The number of aromatic nitrogens is 4. The van der Waals surface area contributed by atoms with E-state index in [-0.39, 0.29) is 12.8 Å². The Morgan fingerprint density at radius 3 is 2.77 bits per heavy atom. The number of piperidine rings is 1. The van der Waals surface area contributed by atoms with Gasteiger partial charge in [0.15, 0.2) is 11.5 Å². The second-order valence-corrected chi connectivity index (χ2v) is 7.30. The number of nitrogens with one attached hydrogen (secondary N) is 1. The van der Waals surface area contributed by atoms with Crippen molar-refractivity contribution in [2.75, 3.05) is 24.5 Å². The van der Waals surface area contributed by atoms with E-state index in [9.17, 15) is 4.79 Å². The van der Waals surface area contributed by atoms with Gasteiger partial charge in [-0.3, -0.25) is 4.79 Å². The highest BCUT2D eigenvalue weighted by atomic mass is 19.1. The lowest BCUT2D eigenvalue weighted by Gasteiger charge is -2.36. The van der Waals surface area contributed by atoms with Crippen LogP contribution in [0.25, 0.3) is 5.82 Å². The molecule has 0 atom stereocenters. The Kier molecular flexibility index (Phi) is 4.34. The highest BCUT2D eigenvalue weighted by molar-refractivity contribution is 5.85. The Labute approximate surface area is 151 Å². The minimum Gasteiger partial charge on any atom is -0.367 e. The molecule has 2 fully saturated rings. The molecule has 3 heterocycles. The number of carbonyl (C=O) groups excluding carboxylic acids is 1. The first-order chi connectivity index (χ1) is 12.5. The van der Waals surface area contributed by atoms with Crippen LogP contribution in [-0.2, 0) is 4.79 Å². The number of hydrogen-bond donors (Lipinski definition) is 1. The van der Waals surface area contributed by atoms with E-state index >= 15 is 4.39 Å². The minimum absolute atomic E-state index is 0.163. The summed E-state index contributed by atoms with van der Waals surface area (Å²) < 4.78 is 16.8. The summed E-state index contributed by atoms with van der Waals surface area (Å²) >= 11 is 0. The van der Waals surface area contributed by atoms with Crippen molar-refractivity contribution in [3.8, 4) is 5.82 Å². The normalized spacial score (nSPS) is 19.4. The van der Waals surface area contributed by atoms with Crippen molar-refractivity contribution in [2.45, 2.75) is 38.3 Å². The van der Waals surface area contributed by atoms with Gasteiger partial charge in [0, 0.05) is 38.7 Å². The summed E-state index contributed by atoms with van der Waals surface area (Å²) in [7, 11) is 0. The highest BCUT2D eigenvalue weighted by Crippen LogP contribution is 2.32. The summed E-state index contributed by atoms with van der Waals surface area (Å²) in [4.78, 5) is 22.7. The van der Waals surface area contributed by atoms with E-state index < -0.39 is 11.6 Å². The fraction of sp³-hybridized carbons (Fsp3) is 0.556. The fourth-order valence-electron chi connectivity index (χ4n) is 3.29. The second kappa shape index (κ2) is 6.66. The molecule has 0 spiro atoms. The van der Waals surface area contributed by atoms with Gasteiger partial charge in [0.05, 0.1) is 12.4 Å². The Morgan fingerprint density at radius 2 is 2.12 bits per heavy atom. The second-order valence-electron chi connectivity index (χ2n) is 7.30. The molecule has 1 amide bonds. The van der Waals surface area contributed by atoms with Crippen LogP contribution in [-0.4, -0.2) is 51.0 Å². The molecule has 8 heteroatoms. The van der Waals surface area contributed by atoms with E-state index in [1.165, 1.54) is 6.33 Å². The number of rotatable bonds is 5. The maximum Gasteiger partial charge on any atom is 0.257 e. The molecule has 7 nitrogen and oxygen atoms in total. The van der Waals surface area contributed by atoms with Gasteiger partial charge in [-0.25, -0.2) is 19.0 Å². The van der Waals surface area contributed by atoms with Crippen LogP contribution in [0, 0.1) is 12.8 Å². The van der Waals surface area contributed by atoms with Gasteiger partial charge in [-0.05, 0) is 31.2 Å². The van der Waals surface area contributed by atoms with Gasteiger partial charge in [0.25, 0.3) is 5.91 Å². The zero-order valence-corrected chi connectivity index (χ0v) is 14.9. The lowest BCUT2D eigenvalue weighted by Crippen LogP contribution is -2.51. The summed E-state index contributed by atoms with van der Waals surface area (Å²) in [6.45, 7) is 3.44. The predicted molar refractivity (Wildman–Crippen MR) is 94.9 cm³/mol. The lowest BCUT2D eigenvalue weighted by molar-refractivity contribution is -0.134. The van der Waals surface area contributed by atoms with Crippen LogP contribution >= 0.6 is 0 Å². The van der Waals surface area contributed by atoms with Crippen molar-refractivity contribution in [3.63, 3.8) is 0 Å². The van der Waals surface area contributed by atoms with Crippen LogP contribution in [0.1, 0.15) is 31.2 Å². The van der Waals surface area contributed by atoms with Gasteiger partial charge >= 0.3 is 0 Å². The quantitative estimate of drug-likeness (QED) is 0.882. The number of hydrogen-bond acceptors (Lipinski definition) is 5. The number of nitrogens with zero attached hydrogens (tertiary/aromatic N) is 5. The Balaban J connectivity index is 1.45. The molecule has 138 valence electrons. The van der Waals surface area contributed by atoms with Crippen LogP contribution in [0.4, 0.5) is 10.1 Å². The molecule has 26 heavy (non-hydrogen) atoms. The van der Waals surface area contributed by atoms with E-state index in [2.05, 4.69) is 20.4 Å². The Bertz CT molecular complexity index is 794. The van der Waals surface area contributed by atoms with Gasteiger partial charge in [-0.1, -0.05) is 0 Å². The number of aryl methyl sites for hydroxylation is 1. The molecule has 0 radical (unpaired) electrons. The standard InChI is InChI=1S/C18H23FN6O/c1-13-8-23-25(11-13)16-15(10-20-12-22-16)24-6-4-18(19,5-7-24)17(26)21-9-14-2-3-14/h8,10-12,14H,2-7,9H2,1H3,(H,21,26). The largest absolute Gasteiger partial charge is 0.367 e. The van der Waals surface area contributed by atoms with Crippen molar-refractivity contribution in [3.05, 3.63) is 30.5 Å². The van der Waals surface area contributed by atoms with Crippen LogP contribution in [0.2, 0.25) is 0 Å². The molecule has 2 aromatic rings. The predicted octanol–water partition coefficient (Wildman–Crippen LogP) is 1.81. The highest BCUT2D eigenvalue weighted by Gasteiger charge is 2.42. The molecular weight excluding hydrogens is 335 g/mol. The number of alkyl halides is 1. The number of carbonyl (C=O) groups is 1. The van der Waals surface area contributed by atoms with E-state index in [1.807, 2.05) is 18.0 Å². The molecule has 1 aliphatic heterocycles. The van der Waals surface area contributed by atoms with E-state index in [0.29, 0.717) is 31.4 Å². The summed E-state index contributed by atoms with van der Waals surface area (Å²) in [5, 5.41) is 7.08. The molecule has 1 saturated carbocycles. The molecule has 4 rings (SSSR count). The fourth-order valence-corrected chi connectivity index (χ4v) is 3.29. The molecule has 2 aliphatic rings. The van der Waals surface area contributed by atoms with E-state index in [0.717, 1.165) is 24.1 Å². The Morgan fingerprint density at radius 1 is 1.35 bits per heavy atom. The van der Waals surface area contributed by atoms with Gasteiger partial charge in [-0.2, -0.15) is 5.10 Å². The van der Waals surface area contributed by atoms with Gasteiger partial charge in [0.1, 0.15) is 12.0 Å². The van der Waals surface area contributed by atoms with E-state index in [4.69, 9.17) is 0 Å². The third kappa shape index (κ3) is 3.40. The number of amides is 1. The molecule has 2 aromatic heterocycles. The minimum atomic E-state index is -1.79. The maximum absolute atomic E-state index is 15.1. The van der Waals surface area contributed by atoms with Crippen LogP contribution in [0.15, 0.2) is 24.9 Å². The Hall–Kier alpha value is -2.51. The summed E-state index contributed by atoms with van der Waals surface area (Å²) in [5.41, 5.74) is 0.0445. The molecule has 1 saturated heterocycles. The van der Waals surface area contributed by atoms with Crippen molar-refractivity contribution in [1.29, 1.82) is 0 Å². The van der Waals surface area contributed by atoms with Gasteiger partial charge in [0.2, 0.25) is 0 Å². The number of halogens is 1. The first kappa shape index (κ1) is 16.9. The summed E-state index contributed by atoms with van der Waals surface area (Å²) in [5.74, 6) is 0.748. The van der Waals surface area contributed by atoms with Crippen molar-refractivity contribution in [2.24, 2.45) is 5.92 Å². The molecule has 0 bridgehead atoms. The zero-order valence-electron chi connectivity index (χ0n) is 14.9. The van der Waals surface area contributed by atoms with Gasteiger partial charge < -0.3 is 10.2 Å². The number of anilines is 1. The van der Waals surface area contributed by atoms with Crippen LogP contribution < -0.4 is 10.2 Å². The average Bonchev–Trinajstić information content (AvgIpc) is 3.39. The lowest BCUT2D eigenvalue weighted by atomic mass is 9.92. The SMILES string of the molecule is Cc1cnn(-c2ncncc2N2CCC(F)(C(=O)NCC3CC3)CC2)c1.